The highest BCUT2D eigenvalue weighted by atomic mass is 19.4. The van der Waals surface area contributed by atoms with Crippen LogP contribution in [0.25, 0.3) is 22.3 Å². The van der Waals surface area contributed by atoms with Crippen LogP contribution in [0.15, 0.2) is 12.1 Å². The number of ether oxygens (including phenoxy) is 2. The number of alkyl halides is 3. The molecule has 2 nitrogen and oxygen atoms in total. The number of hydrogen-bond acceptors (Lipinski definition) is 2. The molecule has 0 aromatic heterocycles. The van der Waals surface area contributed by atoms with Crippen molar-refractivity contribution in [1.82, 2.24) is 0 Å². The zero-order chi connectivity index (χ0) is 26.6. The predicted octanol–water partition coefficient (Wildman–Crippen LogP) is 7.31. The van der Waals surface area contributed by atoms with Gasteiger partial charge in [0.1, 0.15) is 17.1 Å². The van der Waals surface area contributed by atoms with E-state index in [-0.39, 0.29) is 0 Å². The fraction of sp³-hybridized carbons (Fsp3) is 0.143. The van der Waals surface area contributed by atoms with Gasteiger partial charge in [-0.3, -0.25) is 0 Å². The van der Waals surface area contributed by atoms with E-state index in [1.807, 2.05) is 0 Å². The van der Waals surface area contributed by atoms with Crippen LogP contribution in [0.3, 0.4) is 0 Å². The van der Waals surface area contributed by atoms with Gasteiger partial charge in [-0.1, -0.05) is 0 Å². The topological polar surface area (TPSA) is 18.5 Å². The molecule has 0 amide bonds. The molecule has 0 saturated heterocycles. The Morgan fingerprint density at radius 2 is 0.771 bits per heavy atom. The molecular formula is C21H8F12O2. The van der Waals surface area contributed by atoms with E-state index < -0.39 is 97.8 Å². The molecular weight excluding hydrogens is 512 g/mol. The van der Waals surface area contributed by atoms with Gasteiger partial charge in [0.2, 0.25) is 5.82 Å². The maximum Gasteiger partial charge on any atom is 0.422 e. The van der Waals surface area contributed by atoms with E-state index in [0.717, 1.165) is 14.2 Å². The molecule has 0 spiro atoms. The van der Waals surface area contributed by atoms with Crippen molar-refractivity contribution in [1.29, 1.82) is 0 Å². The molecule has 0 aliphatic carbocycles. The van der Waals surface area contributed by atoms with Crippen LogP contribution in [0.5, 0.6) is 11.5 Å². The van der Waals surface area contributed by atoms with Crippen LogP contribution in [0, 0.1) is 52.4 Å². The van der Waals surface area contributed by atoms with Crippen molar-refractivity contribution >= 4 is 0 Å². The second kappa shape index (κ2) is 8.89. The minimum absolute atomic E-state index is 0.417. The summed E-state index contributed by atoms with van der Waals surface area (Å²) in [7, 11) is 1.54. The molecule has 0 atom stereocenters. The summed E-state index contributed by atoms with van der Waals surface area (Å²) in [6.07, 6.45) is -5.83. The van der Waals surface area contributed by atoms with E-state index in [1.54, 1.807) is 0 Å². The Hall–Kier alpha value is -3.58. The summed E-state index contributed by atoms with van der Waals surface area (Å²) in [6, 6.07) is 0.860. The molecule has 188 valence electrons. The van der Waals surface area contributed by atoms with Gasteiger partial charge >= 0.3 is 6.18 Å². The predicted molar refractivity (Wildman–Crippen MR) is 95.0 cm³/mol. The van der Waals surface area contributed by atoms with Gasteiger partial charge in [-0.05, 0) is 12.1 Å². The summed E-state index contributed by atoms with van der Waals surface area (Å²) >= 11 is 0. The average molecular weight is 520 g/mol. The molecule has 0 fully saturated rings. The van der Waals surface area contributed by atoms with Gasteiger partial charge in [0, 0.05) is 11.1 Å². The van der Waals surface area contributed by atoms with Gasteiger partial charge in [-0.25, -0.2) is 39.5 Å². The third-order valence-electron chi connectivity index (χ3n) is 4.82. The Balaban J connectivity index is 2.43. The van der Waals surface area contributed by atoms with E-state index in [2.05, 4.69) is 0 Å². The van der Waals surface area contributed by atoms with E-state index in [9.17, 15) is 52.7 Å². The molecule has 0 heterocycles. The lowest BCUT2D eigenvalue weighted by Crippen LogP contribution is -2.16. The van der Waals surface area contributed by atoms with Crippen LogP contribution in [0.2, 0.25) is 0 Å². The standard InChI is InChI=1S/C21H8F12O2/c1-34-7-4-6(10-14(24)18(28)20(30)19(29)15(10)25)8(35-2)3-5(7)9-12(22)16(26)11(21(31,32)33)17(27)13(9)23/h3-4H,1-2H3. The Morgan fingerprint density at radius 3 is 1.06 bits per heavy atom. The Morgan fingerprint density at radius 1 is 0.486 bits per heavy atom. The lowest BCUT2D eigenvalue weighted by atomic mass is 9.95. The molecule has 0 radical (unpaired) electrons. The SMILES string of the molecule is COc1cc(-c2c(F)c(F)c(C(F)(F)F)c(F)c2F)c(OC)cc1-c1c(F)c(F)c(F)c(F)c1F. The molecule has 0 unspecified atom stereocenters. The van der Waals surface area contributed by atoms with Crippen LogP contribution in [-0.2, 0) is 6.18 Å². The van der Waals surface area contributed by atoms with Crippen molar-refractivity contribution < 1.29 is 62.2 Å². The third-order valence-corrected chi connectivity index (χ3v) is 4.82. The molecule has 3 aromatic rings. The van der Waals surface area contributed by atoms with E-state index in [4.69, 9.17) is 9.47 Å². The Bertz CT molecular complexity index is 1290. The van der Waals surface area contributed by atoms with Crippen LogP contribution >= 0.6 is 0 Å². The molecule has 0 N–H and O–H groups in total. The second-order valence-electron chi connectivity index (χ2n) is 6.70. The quantitative estimate of drug-likeness (QED) is 0.204. The van der Waals surface area contributed by atoms with E-state index in [0.29, 0.717) is 12.1 Å². The molecule has 0 aliphatic heterocycles. The van der Waals surface area contributed by atoms with Crippen molar-refractivity contribution in [3.8, 4) is 33.8 Å². The van der Waals surface area contributed by atoms with Crippen LogP contribution in [0.1, 0.15) is 5.56 Å². The fourth-order valence-electron chi connectivity index (χ4n) is 3.25. The number of benzene rings is 3. The first-order valence-electron chi connectivity index (χ1n) is 8.90. The first-order valence-corrected chi connectivity index (χ1v) is 8.90. The first kappa shape index (κ1) is 26.0. The molecule has 3 aromatic carbocycles. The van der Waals surface area contributed by atoms with Gasteiger partial charge in [-0.15, -0.1) is 0 Å². The van der Waals surface area contributed by atoms with Gasteiger partial charge < -0.3 is 9.47 Å². The summed E-state index contributed by atoms with van der Waals surface area (Å²) < 4.78 is 175. The number of hydrogen-bond donors (Lipinski definition) is 0. The van der Waals surface area contributed by atoms with Crippen LogP contribution < -0.4 is 9.47 Å². The third kappa shape index (κ3) is 4.00. The highest BCUT2D eigenvalue weighted by Gasteiger charge is 2.43. The normalized spacial score (nSPS) is 11.7. The van der Waals surface area contributed by atoms with Gasteiger partial charge in [0.25, 0.3) is 0 Å². The van der Waals surface area contributed by atoms with Gasteiger partial charge in [-0.2, -0.15) is 13.2 Å². The molecule has 14 heteroatoms. The van der Waals surface area contributed by atoms with Crippen molar-refractivity contribution in [3.05, 3.63) is 70.1 Å². The summed E-state index contributed by atoms with van der Waals surface area (Å²) in [5, 5.41) is 0. The van der Waals surface area contributed by atoms with Gasteiger partial charge in [0.15, 0.2) is 46.5 Å². The maximum absolute atomic E-state index is 14.5. The van der Waals surface area contributed by atoms with Crippen molar-refractivity contribution in [2.75, 3.05) is 14.2 Å². The maximum atomic E-state index is 14.5. The lowest BCUT2D eigenvalue weighted by Gasteiger charge is -2.19. The molecule has 0 bridgehead atoms. The highest BCUT2D eigenvalue weighted by Crippen LogP contribution is 2.47. The number of methoxy groups -OCH3 is 2. The minimum Gasteiger partial charge on any atom is -0.496 e. The van der Waals surface area contributed by atoms with Gasteiger partial charge in [0.05, 0.1) is 25.3 Å². The zero-order valence-corrected chi connectivity index (χ0v) is 17.0. The minimum atomic E-state index is -5.83. The molecule has 3 rings (SSSR count). The molecule has 35 heavy (non-hydrogen) atoms. The number of halogens is 12. The van der Waals surface area contributed by atoms with E-state index >= 15 is 0 Å². The Labute approximate surface area is 187 Å². The van der Waals surface area contributed by atoms with Crippen molar-refractivity contribution in [2.24, 2.45) is 0 Å². The van der Waals surface area contributed by atoms with Crippen LogP contribution in [-0.4, -0.2) is 14.2 Å². The molecule has 0 aliphatic rings. The second-order valence-corrected chi connectivity index (χ2v) is 6.70. The smallest absolute Gasteiger partial charge is 0.422 e. The van der Waals surface area contributed by atoms with Crippen molar-refractivity contribution in [3.63, 3.8) is 0 Å². The molecule has 0 saturated carbocycles. The van der Waals surface area contributed by atoms with E-state index in [1.165, 1.54) is 0 Å². The highest BCUT2D eigenvalue weighted by molar-refractivity contribution is 5.82. The number of rotatable bonds is 4. The zero-order valence-electron chi connectivity index (χ0n) is 17.0. The first-order chi connectivity index (χ1) is 16.2. The summed E-state index contributed by atoms with van der Waals surface area (Å²) in [5.41, 5.74) is -8.09. The lowest BCUT2D eigenvalue weighted by molar-refractivity contribution is -0.143. The summed E-state index contributed by atoms with van der Waals surface area (Å²) in [6.45, 7) is 0. The summed E-state index contributed by atoms with van der Waals surface area (Å²) in [5.74, 6) is -24.3. The summed E-state index contributed by atoms with van der Waals surface area (Å²) in [4.78, 5) is 0. The largest absolute Gasteiger partial charge is 0.496 e. The Kier molecular flexibility index (Phi) is 6.61. The fourth-order valence-corrected chi connectivity index (χ4v) is 3.25. The monoisotopic (exact) mass is 520 g/mol. The van der Waals surface area contributed by atoms with Crippen molar-refractivity contribution in [2.45, 2.75) is 6.18 Å². The van der Waals surface area contributed by atoms with Crippen LogP contribution in [0.4, 0.5) is 52.7 Å². The average Bonchev–Trinajstić information content (AvgIpc) is 2.79.